The second-order valence-electron chi connectivity index (χ2n) is 6.03. The summed E-state index contributed by atoms with van der Waals surface area (Å²) in [5.74, 6) is -0.773. The first-order valence-corrected chi connectivity index (χ1v) is 8.05. The minimum Gasteiger partial charge on any atom is -0.497 e. The van der Waals surface area contributed by atoms with Gasteiger partial charge >= 0.3 is 5.97 Å². The summed E-state index contributed by atoms with van der Waals surface area (Å²) in [6.07, 6.45) is 4.07. The third kappa shape index (κ3) is 4.35. The first-order valence-electron chi connectivity index (χ1n) is 8.05. The Bertz CT molecular complexity index is 758. The van der Waals surface area contributed by atoms with Crippen LogP contribution in [0.25, 0.3) is 11.1 Å². The number of nitrogens with zero attached hydrogens (tertiary/aromatic N) is 1. The Balaban J connectivity index is 2.25. The normalized spacial score (nSPS) is 12.9. The molecule has 0 saturated carbocycles. The highest BCUT2D eigenvalue weighted by Gasteiger charge is 2.34. The van der Waals surface area contributed by atoms with Crippen molar-refractivity contribution in [3.05, 3.63) is 48.3 Å². The number of carboxylic acids is 1. The summed E-state index contributed by atoms with van der Waals surface area (Å²) >= 11 is 0. The molecule has 1 atom stereocenters. The number of amides is 1. The summed E-state index contributed by atoms with van der Waals surface area (Å²) in [4.78, 5) is 28.1. The molecule has 1 heterocycles. The average molecular weight is 342 g/mol. The van der Waals surface area contributed by atoms with E-state index in [0.29, 0.717) is 18.4 Å². The van der Waals surface area contributed by atoms with E-state index in [0.717, 1.165) is 16.9 Å². The molecule has 132 valence electrons. The number of aliphatic carboxylic acids is 1. The van der Waals surface area contributed by atoms with Crippen molar-refractivity contribution >= 4 is 11.9 Å². The molecular weight excluding hydrogens is 320 g/mol. The lowest BCUT2D eigenvalue weighted by molar-refractivity contribution is -0.144. The molecule has 2 N–H and O–H groups in total. The van der Waals surface area contributed by atoms with Crippen LogP contribution < -0.4 is 10.1 Å². The SMILES string of the molecule is CCCC(C)(NC(=O)c1cncc(-c2ccc(OC)cc2)c1)C(=O)O. The molecule has 0 saturated heterocycles. The average Bonchev–Trinajstić information content (AvgIpc) is 2.62. The number of benzene rings is 1. The lowest BCUT2D eigenvalue weighted by Crippen LogP contribution is -2.52. The number of methoxy groups -OCH3 is 1. The summed E-state index contributed by atoms with van der Waals surface area (Å²) in [6, 6.07) is 9.08. The van der Waals surface area contributed by atoms with E-state index in [4.69, 9.17) is 4.74 Å². The van der Waals surface area contributed by atoms with Crippen molar-refractivity contribution in [2.24, 2.45) is 0 Å². The molecule has 2 rings (SSSR count). The fourth-order valence-corrected chi connectivity index (χ4v) is 2.55. The largest absolute Gasteiger partial charge is 0.497 e. The Morgan fingerprint density at radius 1 is 1.20 bits per heavy atom. The van der Waals surface area contributed by atoms with E-state index in [1.807, 2.05) is 31.2 Å². The monoisotopic (exact) mass is 342 g/mol. The van der Waals surface area contributed by atoms with Crippen LogP contribution in [-0.2, 0) is 4.79 Å². The highest BCUT2D eigenvalue weighted by Crippen LogP contribution is 2.23. The molecule has 1 amide bonds. The van der Waals surface area contributed by atoms with Crippen LogP contribution in [0, 0.1) is 0 Å². The number of carbonyl (C=O) groups excluding carboxylic acids is 1. The standard InChI is InChI=1S/C19H22N2O4/c1-4-9-19(2,18(23)24)21-17(22)15-10-14(11-20-12-15)13-5-7-16(25-3)8-6-13/h5-8,10-12H,4,9H2,1-3H3,(H,21,22)(H,23,24). The second kappa shape index (κ2) is 7.79. The third-order valence-corrected chi connectivity index (χ3v) is 4.04. The van der Waals surface area contributed by atoms with Gasteiger partial charge in [0.1, 0.15) is 11.3 Å². The molecule has 0 fully saturated rings. The zero-order chi connectivity index (χ0) is 18.4. The molecule has 0 bridgehead atoms. The van der Waals surface area contributed by atoms with Gasteiger partial charge in [0, 0.05) is 18.0 Å². The van der Waals surface area contributed by atoms with Crippen LogP contribution in [0.5, 0.6) is 5.75 Å². The number of hydrogen-bond acceptors (Lipinski definition) is 4. The van der Waals surface area contributed by atoms with Crippen molar-refractivity contribution < 1.29 is 19.4 Å². The maximum absolute atomic E-state index is 12.5. The number of rotatable bonds is 7. The lowest BCUT2D eigenvalue weighted by Gasteiger charge is -2.25. The molecule has 6 nitrogen and oxygen atoms in total. The molecule has 0 aliphatic heterocycles. The minimum atomic E-state index is -1.30. The molecule has 2 aromatic rings. The van der Waals surface area contributed by atoms with Gasteiger partial charge < -0.3 is 15.2 Å². The molecule has 1 aromatic heterocycles. The number of nitrogens with one attached hydrogen (secondary N) is 1. The fourth-order valence-electron chi connectivity index (χ4n) is 2.55. The van der Waals surface area contributed by atoms with Crippen molar-refractivity contribution in [3.63, 3.8) is 0 Å². The number of carbonyl (C=O) groups is 2. The molecule has 6 heteroatoms. The van der Waals surface area contributed by atoms with Crippen LogP contribution in [0.2, 0.25) is 0 Å². The summed E-state index contributed by atoms with van der Waals surface area (Å²) in [5.41, 5.74) is 0.666. The van der Waals surface area contributed by atoms with Crippen LogP contribution in [0.15, 0.2) is 42.7 Å². The van der Waals surface area contributed by atoms with Gasteiger partial charge in [0.25, 0.3) is 5.91 Å². The Kier molecular flexibility index (Phi) is 5.75. The lowest BCUT2D eigenvalue weighted by atomic mass is 9.95. The number of aromatic nitrogens is 1. The van der Waals surface area contributed by atoms with Crippen molar-refractivity contribution in [1.29, 1.82) is 0 Å². The molecule has 0 aliphatic carbocycles. The second-order valence-corrected chi connectivity index (χ2v) is 6.03. The molecular formula is C19H22N2O4. The maximum atomic E-state index is 12.5. The first kappa shape index (κ1) is 18.4. The van der Waals surface area contributed by atoms with E-state index in [1.54, 1.807) is 19.4 Å². The van der Waals surface area contributed by atoms with Crippen molar-refractivity contribution in [2.45, 2.75) is 32.2 Å². The minimum absolute atomic E-state index is 0.317. The number of pyridine rings is 1. The van der Waals surface area contributed by atoms with Crippen LogP contribution in [-0.4, -0.2) is 34.6 Å². The zero-order valence-electron chi connectivity index (χ0n) is 14.6. The van der Waals surface area contributed by atoms with Crippen LogP contribution in [0.4, 0.5) is 0 Å². The van der Waals surface area contributed by atoms with Gasteiger partial charge in [0.15, 0.2) is 0 Å². The molecule has 0 aliphatic rings. The molecule has 0 spiro atoms. The summed E-state index contributed by atoms with van der Waals surface area (Å²) in [5, 5.41) is 12.0. The van der Waals surface area contributed by atoms with E-state index < -0.39 is 17.4 Å². The van der Waals surface area contributed by atoms with E-state index in [-0.39, 0.29) is 0 Å². The Labute approximate surface area is 146 Å². The Hall–Kier alpha value is -2.89. The summed E-state index contributed by atoms with van der Waals surface area (Å²) < 4.78 is 5.13. The zero-order valence-corrected chi connectivity index (χ0v) is 14.6. The highest BCUT2D eigenvalue weighted by atomic mass is 16.5. The van der Waals surface area contributed by atoms with E-state index in [1.165, 1.54) is 13.1 Å². The third-order valence-electron chi connectivity index (χ3n) is 4.04. The van der Waals surface area contributed by atoms with Gasteiger partial charge in [0.05, 0.1) is 12.7 Å². The van der Waals surface area contributed by atoms with Crippen molar-refractivity contribution in [3.8, 4) is 16.9 Å². The van der Waals surface area contributed by atoms with Crippen LogP contribution in [0.3, 0.4) is 0 Å². The molecule has 1 unspecified atom stereocenters. The van der Waals surface area contributed by atoms with Gasteiger partial charge in [-0.1, -0.05) is 25.5 Å². The van der Waals surface area contributed by atoms with Crippen molar-refractivity contribution in [1.82, 2.24) is 10.3 Å². The van der Waals surface area contributed by atoms with E-state index in [2.05, 4.69) is 10.3 Å². The van der Waals surface area contributed by atoms with Crippen molar-refractivity contribution in [2.75, 3.05) is 7.11 Å². The Morgan fingerprint density at radius 3 is 2.44 bits per heavy atom. The first-order chi connectivity index (χ1) is 11.9. The quantitative estimate of drug-likeness (QED) is 0.807. The summed E-state index contributed by atoms with van der Waals surface area (Å²) in [6.45, 7) is 3.39. The van der Waals surface area contributed by atoms with Gasteiger partial charge in [-0.05, 0) is 37.1 Å². The van der Waals surface area contributed by atoms with E-state index >= 15 is 0 Å². The smallest absolute Gasteiger partial charge is 0.329 e. The summed E-state index contributed by atoms with van der Waals surface area (Å²) in [7, 11) is 1.59. The predicted molar refractivity (Wildman–Crippen MR) is 94.6 cm³/mol. The number of hydrogen-bond donors (Lipinski definition) is 2. The predicted octanol–water partition coefficient (Wildman–Crippen LogP) is 3.13. The molecule has 0 radical (unpaired) electrons. The van der Waals surface area contributed by atoms with Crippen LogP contribution >= 0.6 is 0 Å². The number of carboxylic acid groups (broad SMARTS) is 1. The Morgan fingerprint density at radius 2 is 1.88 bits per heavy atom. The molecule has 1 aromatic carbocycles. The number of ether oxygens (including phenoxy) is 1. The van der Waals surface area contributed by atoms with Crippen LogP contribution in [0.1, 0.15) is 37.0 Å². The van der Waals surface area contributed by atoms with Gasteiger partial charge in [-0.25, -0.2) is 4.79 Å². The molecule has 25 heavy (non-hydrogen) atoms. The van der Waals surface area contributed by atoms with Gasteiger partial charge in [0.2, 0.25) is 0 Å². The topological polar surface area (TPSA) is 88.5 Å². The maximum Gasteiger partial charge on any atom is 0.329 e. The van der Waals surface area contributed by atoms with Gasteiger partial charge in [-0.15, -0.1) is 0 Å². The fraction of sp³-hybridized carbons (Fsp3) is 0.316. The highest BCUT2D eigenvalue weighted by molar-refractivity contribution is 5.98. The van der Waals surface area contributed by atoms with E-state index in [9.17, 15) is 14.7 Å². The van der Waals surface area contributed by atoms with Gasteiger partial charge in [-0.2, -0.15) is 0 Å². The van der Waals surface area contributed by atoms with Gasteiger partial charge in [-0.3, -0.25) is 9.78 Å².